The fourth-order valence-electron chi connectivity index (χ4n) is 4.72. The lowest BCUT2D eigenvalue weighted by molar-refractivity contribution is -0.135. The molecular weight excluding hydrogens is 512 g/mol. The summed E-state index contributed by atoms with van der Waals surface area (Å²) in [7, 11) is 0. The number of carbonyl (C=O) groups is 2. The molecule has 0 saturated carbocycles. The van der Waals surface area contributed by atoms with Crippen molar-refractivity contribution < 1.29 is 27.3 Å². The quantitative estimate of drug-likeness (QED) is 0.338. The number of hydrogen-bond donors (Lipinski definition) is 1. The van der Waals surface area contributed by atoms with Crippen molar-refractivity contribution in [3.05, 3.63) is 88.0 Å². The zero-order valence-corrected chi connectivity index (χ0v) is 20.4. The first kappa shape index (κ1) is 24.3. The molecule has 1 aliphatic heterocycles. The molecule has 1 unspecified atom stereocenters. The Morgan fingerprint density at radius 3 is 2.69 bits per heavy atom. The summed E-state index contributed by atoms with van der Waals surface area (Å²) < 4.78 is 42.5. The highest BCUT2D eigenvalue weighted by Gasteiger charge is 2.33. The van der Waals surface area contributed by atoms with Crippen molar-refractivity contribution in [3.63, 3.8) is 0 Å². The van der Waals surface area contributed by atoms with Crippen LogP contribution < -0.4 is 11.1 Å². The summed E-state index contributed by atoms with van der Waals surface area (Å²) in [6, 6.07) is 9.95. The van der Waals surface area contributed by atoms with Crippen molar-refractivity contribution in [3.8, 4) is 22.5 Å². The molecule has 3 aromatic heterocycles. The Labute approximate surface area is 218 Å². The van der Waals surface area contributed by atoms with Crippen LogP contribution in [0.2, 0.25) is 0 Å². The third-order valence-electron chi connectivity index (χ3n) is 6.57. The summed E-state index contributed by atoms with van der Waals surface area (Å²) >= 11 is 0. The minimum absolute atomic E-state index is 0.000119. The summed E-state index contributed by atoms with van der Waals surface area (Å²) in [5, 5.41) is 6.04. The number of aryl methyl sites for hydroxylation is 1. The molecule has 0 bridgehead atoms. The molecule has 5 aromatic rings. The molecule has 10 nitrogen and oxygen atoms in total. The second kappa shape index (κ2) is 9.39. The number of pyridine rings is 1. The van der Waals surface area contributed by atoms with Crippen LogP contribution in [0, 0.1) is 18.6 Å². The number of benzene rings is 2. The van der Waals surface area contributed by atoms with Crippen LogP contribution >= 0.6 is 0 Å². The summed E-state index contributed by atoms with van der Waals surface area (Å²) in [5.74, 6) is -3.47. The van der Waals surface area contributed by atoms with E-state index in [9.17, 15) is 14.4 Å². The molecule has 6 rings (SSSR count). The van der Waals surface area contributed by atoms with Crippen LogP contribution in [0.15, 0.2) is 62.4 Å². The second-order valence-electron chi connectivity index (χ2n) is 9.13. The molecule has 1 saturated heterocycles. The molecule has 0 spiro atoms. The van der Waals surface area contributed by atoms with Gasteiger partial charge in [-0.2, -0.15) is 4.98 Å². The van der Waals surface area contributed by atoms with Gasteiger partial charge in [0, 0.05) is 23.9 Å². The molecule has 2 aromatic carbocycles. The monoisotopic (exact) mass is 531 g/mol. The van der Waals surface area contributed by atoms with E-state index in [4.69, 9.17) is 8.94 Å². The molecule has 0 radical (unpaired) electrons. The fourth-order valence-corrected chi connectivity index (χ4v) is 4.72. The molecule has 4 heterocycles. The van der Waals surface area contributed by atoms with Gasteiger partial charge < -0.3 is 8.94 Å². The summed E-state index contributed by atoms with van der Waals surface area (Å²) in [5.41, 5.74) is 1.64. The number of fused-ring (bicyclic) bond motifs is 1. The van der Waals surface area contributed by atoms with Gasteiger partial charge in [-0.3, -0.25) is 24.5 Å². The maximum Gasteiger partial charge on any atom is 0.420 e. The Hall–Kier alpha value is -5.00. The molecule has 1 N–H and O–H groups in total. The Bertz CT molecular complexity index is 1840. The number of nitrogens with one attached hydrogen (secondary N) is 1. The van der Waals surface area contributed by atoms with Crippen molar-refractivity contribution in [1.82, 2.24) is 25.0 Å². The normalized spacial score (nSPS) is 15.6. The number of piperidine rings is 1. The van der Waals surface area contributed by atoms with Crippen LogP contribution in [0.25, 0.3) is 33.6 Å². The van der Waals surface area contributed by atoms with E-state index in [2.05, 4.69) is 20.4 Å². The average Bonchev–Trinajstić information content (AvgIpc) is 3.50. The van der Waals surface area contributed by atoms with Crippen LogP contribution in [0.5, 0.6) is 0 Å². The van der Waals surface area contributed by atoms with Crippen LogP contribution in [0.4, 0.5) is 8.78 Å². The number of rotatable bonds is 5. The van der Waals surface area contributed by atoms with Gasteiger partial charge in [0.05, 0.1) is 12.0 Å². The maximum atomic E-state index is 15.7. The van der Waals surface area contributed by atoms with Gasteiger partial charge in [0.15, 0.2) is 11.4 Å². The van der Waals surface area contributed by atoms with Crippen molar-refractivity contribution in [2.24, 2.45) is 0 Å². The zero-order chi connectivity index (χ0) is 27.3. The molecule has 2 amide bonds. The smallest absolute Gasteiger partial charge is 0.408 e. The van der Waals surface area contributed by atoms with Crippen molar-refractivity contribution in [1.29, 1.82) is 0 Å². The third kappa shape index (κ3) is 4.29. The molecule has 1 fully saturated rings. The zero-order valence-electron chi connectivity index (χ0n) is 20.4. The first-order chi connectivity index (χ1) is 18.8. The first-order valence-electron chi connectivity index (χ1n) is 12.0. The van der Waals surface area contributed by atoms with E-state index in [1.807, 2.05) is 0 Å². The predicted octanol–water partition coefficient (Wildman–Crippen LogP) is 3.86. The van der Waals surface area contributed by atoms with E-state index in [0.717, 1.165) is 10.3 Å². The highest BCUT2D eigenvalue weighted by atomic mass is 19.1. The topological polar surface area (TPSA) is 133 Å². The van der Waals surface area contributed by atoms with E-state index >= 15 is 8.78 Å². The van der Waals surface area contributed by atoms with Crippen LogP contribution in [0.1, 0.15) is 36.0 Å². The van der Waals surface area contributed by atoms with E-state index in [1.165, 1.54) is 18.2 Å². The summed E-state index contributed by atoms with van der Waals surface area (Å²) in [6.45, 7) is 1.81. The summed E-state index contributed by atoms with van der Waals surface area (Å²) in [4.78, 5) is 44.8. The van der Waals surface area contributed by atoms with E-state index < -0.39 is 35.2 Å². The predicted molar refractivity (Wildman–Crippen MR) is 132 cm³/mol. The lowest BCUT2D eigenvalue weighted by Crippen LogP contribution is -2.43. The van der Waals surface area contributed by atoms with Gasteiger partial charge in [-0.05, 0) is 48.7 Å². The maximum absolute atomic E-state index is 15.7. The Morgan fingerprint density at radius 2 is 1.90 bits per heavy atom. The molecule has 12 heteroatoms. The first-order valence-corrected chi connectivity index (χ1v) is 12.0. The minimum atomic E-state index is -1.10. The molecule has 196 valence electrons. The van der Waals surface area contributed by atoms with Crippen molar-refractivity contribution in [2.45, 2.75) is 32.2 Å². The molecule has 1 atom stereocenters. The number of oxazole rings is 1. The van der Waals surface area contributed by atoms with Gasteiger partial charge >= 0.3 is 5.76 Å². The number of nitrogens with zero attached hydrogens (tertiary/aromatic N) is 4. The van der Waals surface area contributed by atoms with Crippen LogP contribution in [-0.4, -0.2) is 31.5 Å². The van der Waals surface area contributed by atoms with Gasteiger partial charge in [0.2, 0.25) is 23.5 Å². The Kier molecular flexibility index (Phi) is 5.86. The number of amides is 2. The molecule has 39 heavy (non-hydrogen) atoms. The standard InChI is InChI=1S/C27H19F2N5O5/c1-13-11-14(9-10-30-13)16-3-2-4-17(23(16)29)25-32-21(39-33-25)12-15-5-7-19-24(22(15)28)34(27(37)38-19)18-6-8-20(35)31-26(18)36/h2-5,7,9-11,18H,6,8,12H2,1H3,(H,31,35,36). The lowest BCUT2D eigenvalue weighted by atomic mass is 10.0. The van der Waals surface area contributed by atoms with Gasteiger partial charge in [-0.25, -0.2) is 13.6 Å². The molecule has 0 aliphatic carbocycles. The third-order valence-corrected chi connectivity index (χ3v) is 6.57. The summed E-state index contributed by atoms with van der Waals surface area (Å²) in [6.07, 6.45) is 1.45. The number of aromatic nitrogens is 4. The molecule has 1 aliphatic rings. The van der Waals surface area contributed by atoms with Crippen LogP contribution in [-0.2, 0) is 16.0 Å². The van der Waals surface area contributed by atoms with E-state index in [1.54, 1.807) is 37.4 Å². The Morgan fingerprint density at radius 1 is 1.08 bits per heavy atom. The largest absolute Gasteiger partial charge is 0.420 e. The highest BCUT2D eigenvalue weighted by molar-refractivity contribution is 6.00. The van der Waals surface area contributed by atoms with Crippen molar-refractivity contribution >= 4 is 22.9 Å². The Balaban J connectivity index is 1.33. The lowest BCUT2D eigenvalue weighted by Gasteiger charge is -2.21. The number of halogens is 2. The fraction of sp³-hybridized carbons (Fsp3) is 0.185. The minimum Gasteiger partial charge on any atom is -0.408 e. The van der Waals surface area contributed by atoms with E-state index in [0.29, 0.717) is 11.1 Å². The SMILES string of the molecule is Cc1cc(-c2cccc(-c3noc(Cc4ccc5oc(=O)n(C6CCC(=O)NC6=O)c5c4F)n3)c2F)ccn1. The number of imide groups is 1. The van der Waals surface area contributed by atoms with Crippen LogP contribution in [0.3, 0.4) is 0 Å². The van der Waals surface area contributed by atoms with Gasteiger partial charge in [0.25, 0.3) is 0 Å². The number of carbonyl (C=O) groups excluding carboxylic acids is 2. The van der Waals surface area contributed by atoms with Gasteiger partial charge in [-0.1, -0.05) is 23.4 Å². The highest BCUT2D eigenvalue weighted by Crippen LogP contribution is 2.31. The van der Waals surface area contributed by atoms with E-state index in [-0.39, 0.29) is 53.2 Å². The average molecular weight is 531 g/mol. The molecular formula is C27H19F2N5O5. The number of hydrogen-bond acceptors (Lipinski definition) is 8. The van der Waals surface area contributed by atoms with Gasteiger partial charge in [0.1, 0.15) is 17.4 Å². The van der Waals surface area contributed by atoms with Gasteiger partial charge in [-0.15, -0.1) is 0 Å². The van der Waals surface area contributed by atoms with Crippen molar-refractivity contribution in [2.75, 3.05) is 0 Å². The second-order valence-corrected chi connectivity index (χ2v) is 9.13.